The summed E-state index contributed by atoms with van der Waals surface area (Å²) in [5.74, 6) is 1.70. The van der Waals surface area contributed by atoms with E-state index >= 15 is 0 Å². The Morgan fingerprint density at radius 3 is 2.68 bits per heavy atom. The second-order valence-electron chi connectivity index (χ2n) is 9.77. The molecule has 7 nitrogen and oxygen atoms in total. The number of hydrogen-bond acceptors (Lipinski definition) is 5. The van der Waals surface area contributed by atoms with Gasteiger partial charge in [-0.2, -0.15) is 4.98 Å². The zero-order valence-corrected chi connectivity index (χ0v) is 22.5. The third-order valence-electron chi connectivity index (χ3n) is 7.09. The summed E-state index contributed by atoms with van der Waals surface area (Å²) < 4.78 is 1.86. The second-order valence-corrected chi connectivity index (χ2v) is 10.2. The van der Waals surface area contributed by atoms with Crippen LogP contribution in [0.25, 0.3) is 5.82 Å². The summed E-state index contributed by atoms with van der Waals surface area (Å²) in [4.78, 5) is 22.3. The highest BCUT2D eigenvalue weighted by atomic mass is 35.5. The van der Waals surface area contributed by atoms with Crippen LogP contribution < -0.4 is 16.0 Å². The average Bonchev–Trinajstić information content (AvgIpc) is 3.44. The van der Waals surface area contributed by atoms with E-state index in [0.29, 0.717) is 22.5 Å². The molecule has 0 saturated carbocycles. The molecular formula is C30H33ClN6O. The molecule has 1 saturated heterocycles. The van der Waals surface area contributed by atoms with Gasteiger partial charge in [0, 0.05) is 34.9 Å². The van der Waals surface area contributed by atoms with Crippen molar-refractivity contribution in [1.82, 2.24) is 25.2 Å². The summed E-state index contributed by atoms with van der Waals surface area (Å²) in [6.45, 7) is 6.15. The van der Waals surface area contributed by atoms with E-state index in [1.807, 2.05) is 48.9 Å². The number of aromatic nitrogens is 3. The molecule has 3 N–H and O–H groups in total. The molecule has 0 spiro atoms. The van der Waals surface area contributed by atoms with E-state index in [4.69, 9.17) is 16.6 Å². The normalized spacial score (nSPS) is 14.7. The number of piperidine rings is 1. The van der Waals surface area contributed by atoms with Gasteiger partial charge < -0.3 is 20.5 Å². The molecule has 196 valence electrons. The molecule has 3 heterocycles. The summed E-state index contributed by atoms with van der Waals surface area (Å²) in [5, 5.41) is 10.5. The van der Waals surface area contributed by atoms with Crippen molar-refractivity contribution >= 4 is 29.1 Å². The SMILES string of the molecule is CCC(NC(=O)c1ccn(-c2nc(Nc3ccc(C4CCNCC4)cc3)ncc2C)c1)c1cccc(Cl)c1. The predicted octanol–water partition coefficient (Wildman–Crippen LogP) is 6.32. The molecule has 0 bridgehead atoms. The minimum absolute atomic E-state index is 0.123. The minimum atomic E-state index is -0.144. The fourth-order valence-corrected chi connectivity index (χ4v) is 5.12. The zero-order chi connectivity index (χ0) is 26.5. The summed E-state index contributed by atoms with van der Waals surface area (Å²) in [5.41, 5.74) is 4.77. The molecule has 1 fully saturated rings. The number of carbonyl (C=O) groups excluding carboxylic acids is 1. The van der Waals surface area contributed by atoms with Crippen LogP contribution in [0, 0.1) is 6.92 Å². The van der Waals surface area contributed by atoms with E-state index in [0.717, 1.165) is 42.1 Å². The molecule has 1 aliphatic rings. The zero-order valence-electron chi connectivity index (χ0n) is 21.7. The molecule has 1 unspecified atom stereocenters. The molecule has 1 atom stereocenters. The van der Waals surface area contributed by atoms with Crippen molar-refractivity contribution in [3.05, 3.63) is 100 Å². The van der Waals surface area contributed by atoms with Gasteiger partial charge in [-0.1, -0.05) is 42.8 Å². The van der Waals surface area contributed by atoms with Crippen LogP contribution >= 0.6 is 11.6 Å². The van der Waals surface area contributed by atoms with E-state index < -0.39 is 0 Å². The van der Waals surface area contributed by atoms with E-state index in [1.165, 1.54) is 18.4 Å². The Morgan fingerprint density at radius 1 is 1.16 bits per heavy atom. The van der Waals surface area contributed by atoms with Crippen LogP contribution in [0.15, 0.2) is 73.2 Å². The van der Waals surface area contributed by atoms with Crippen molar-refractivity contribution in [3.8, 4) is 5.82 Å². The van der Waals surface area contributed by atoms with Crippen molar-refractivity contribution in [3.63, 3.8) is 0 Å². The monoisotopic (exact) mass is 528 g/mol. The maximum Gasteiger partial charge on any atom is 0.253 e. The lowest BCUT2D eigenvalue weighted by molar-refractivity contribution is 0.0935. The predicted molar refractivity (Wildman–Crippen MR) is 153 cm³/mol. The number of halogens is 1. The van der Waals surface area contributed by atoms with Gasteiger partial charge in [-0.05, 0) is 86.7 Å². The molecule has 38 heavy (non-hydrogen) atoms. The molecule has 0 aliphatic carbocycles. The van der Waals surface area contributed by atoms with E-state index in [1.54, 1.807) is 18.5 Å². The van der Waals surface area contributed by atoms with E-state index in [2.05, 4.69) is 45.2 Å². The number of carbonyl (C=O) groups is 1. The highest BCUT2D eigenvalue weighted by Gasteiger charge is 2.17. The Hall–Kier alpha value is -3.68. The molecule has 8 heteroatoms. The van der Waals surface area contributed by atoms with Crippen molar-refractivity contribution < 1.29 is 4.79 Å². The van der Waals surface area contributed by atoms with Gasteiger partial charge in [0.1, 0.15) is 5.82 Å². The number of benzene rings is 2. The number of anilines is 2. The van der Waals surface area contributed by atoms with Crippen molar-refractivity contribution in [2.24, 2.45) is 0 Å². The van der Waals surface area contributed by atoms with Gasteiger partial charge in [0.25, 0.3) is 5.91 Å². The molecule has 0 radical (unpaired) electrons. The number of amides is 1. The highest BCUT2D eigenvalue weighted by molar-refractivity contribution is 6.30. The second kappa shape index (κ2) is 11.8. The number of hydrogen-bond donors (Lipinski definition) is 3. The van der Waals surface area contributed by atoms with Crippen LogP contribution in [-0.4, -0.2) is 33.5 Å². The van der Waals surface area contributed by atoms with Gasteiger partial charge in [-0.15, -0.1) is 0 Å². The third kappa shape index (κ3) is 6.06. The van der Waals surface area contributed by atoms with Gasteiger partial charge in [-0.25, -0.2) is 4.98 Å². The van der Waals surface area contributed by atoms with E-state index in [-0.39, 0.29) is 11.9 Å². The fraction of sp³-hybridized carbons (Fsp3) is 0.300. The first-order valence-corrected chi connectivity index (χ1v) is 13.5. The lowest BCUT2D eigenvalue weighted by Crippen LogP contribution is -2.27. The minimum Gasteiger partial charge on any atom is -0.345 e. The third-order valence-corrected chi connectivity index (χ3v) is 7.32. The lowest BCUT2D eigenvalue weighted by Gasteiger charge is -2.23. The molecule has 2 aromatic heterocycles. The first-order chi connectivity index (χ1) is 18.5. The Morgan fingerprint density at radius 2 is 1.95 bits per heavy atom. The smallest absolute Gasteiger partial charge is 0.253 e. The number of nitrogens with zero attached hydrogens (tertiary/aromatic N) is 3. The Labute approximate surface area is 228 Å². The average molecular weight is 529 g/mol. The van der Waals surface area contributed by atoms with Crippen LogP contribution in [0.3, 0.4) is 0 Å². The number of rotatable bonds is 8. The highest BCUT2D eigenvalue weighted by Crippen LogP contribution is 2.27. The van der Waals surface area contributed by atoms with E-state index in [9.17, 15) is 4.79 Å². The maximum absolute atomic E-state index is 13.0. The number of aryl methyl sites for hydroxylation is 1. The molecule has 1 aliphatic heterocycles. The van der Waals surface area contributed by atoms with Crippen LogP contribution in [-0.2, 0) is 0 Å². The summed E-state index contributed by atoms with van der Waals surface area (Å²) >= 11 is 6.15. The Bertz CT molecular complexity index is 1390. The van der Waals surface area contributed by atoms with Crippen molar-refractivity contribution in [1.29, 1.82) is 0 Å². The first-order valence-electron chi connectivity index (χ1n) is 13.2. The van der Waals surface area contributed by atoms with Crippen LogP contribution in [0.1, 0.15) is 65.2 Å². The van der Waals surface area contributed by atoms with Crippen molar-refractivity contribution in [2.75, 3.05) is 18.4 Å². The number of nitrogens with one attached hydrogen (secondary N) is 3. The lowest BCUT2D eigenvalue weighted by atomic mass is 9.90. The topological polar surface area (TPSA) is 83.9 Å². The van der Waals surface area contributed by atoms with Gasteiger partial charge in [-0.3, -0.25) is 4.79 Å². The van der Waals surface area contributed by atoms with Crippen LogP contribution in [0.5, 0.6) is 0 Å². The quantitative estimate of drug-likeness (QED) is 0.249. The fourth-order valence-electron chi connectivity index (χ4n) is 4.93. The first kappa shape index (κ1) is 25.9. The molecular weight excluding hydrogens is 496 g/mol. The summed E-state index contributed by atoms with van der Waals surface area (Å²) in [6, 6.07) is 17.8. The maximum atomic E-state index is 13.0. The van der Waals surface area contributed by atoms with Crippen LogP contribution in [0.2, 0.25) is 5.02 Å². The Kier molecular flexibility index (Phi) is 8.05. The summed E-state index contributed by atoms with van der Waals surface area (Å²) in [7, 11) is 0. The molecule has 4 aromatic rings. The standard InChI is InChI=1S/C30H33ClN6O/c1-3-27(23-5-4-6-25(31)17-23)35-29(38)24-13-16-37(19-24)28-20(2)18-33-30(36-28)34-26-9-7-21(8-10-26)22-11-14-32-15-12-22/h4-10,13,16-19,22,27,32H,3,11-12,14-15H2,1-2H3,(H,35,38)(H,33,34,36). The molecule has 2 aromatic carbocycles. The van der Waals surface area contributed by atoms with Crippen LogP contribution in [0.4, 0.5) is 11.6 Å². The van der Waals surface area contributed by atoms with Gasteiger partial charge >= 0.3 is 0 Å². The van der Waals surface area contributed by atoms with Gasteiger partial charge in [0.15, 0.2) is 0 Å². The van der Waals surface area contributed by atoms with Crippen molar-refractivity contribution in [2.45, 2.75) is 45.1 Å². The van der Waals surface area contributed by atoms with Gasteiger partial charge in [0.05, 0.1) is 11.6 Å². The Balaban J connectivity index is 1.28. The summed E-state index contributed by atoms with van der Waals surface area (Å²) in [6.07, 6.45) is 8.54. The van der Waals surface area contributed by atoms with Gasteiger partial charge in [0.2, 0.25) is 5.95 Å². The largest absolute Gasteiger partial charge is 0.345 e. The molecule has 1 amide bonds. The molecule has 5 rings (SSSR count).